The van der Waals surface area contributed by atoms with Crippen molar-refractivity contribution in [2.75, 3.05) is 11.9 Å². The lowest BCUT2D eigenvalue weighted by Crippen LogP contribution is -2.09. The van der Waals surface area contributed by atoms with Crippen molar-refractivity contribution in [2.24, 2.45) is 0 Å². The molecule has 0 aliphatic carbocycles. The lowest BCUT2D eigenvalue weighted by Gasteiger charge is -2.11. The zero-order chi connectivity index (χ0) is 15.3. The summed E-state index contributed by atoms with van der Waals surface area (Å²) in [7, 11) is 0. The Hall–Kier alpha value is -1.83. The minimum atomic E-state index is -4.42. The smallest absolute Gasteiger partial charge is 0.370 e. The van der Waals surface area contributed by atoms with Crippen molar-refractivity contribution in [3.63, 3.8) is 0 Å². The standard InChI is InChI=1S/C13H13F3N4S/c1-2-4-17-10-7-9(13(14,15)16)8-11(20-10)21-12-18-5-3-6-19-12/h3,5-8H,2,4H2,1H3,(H,17,20). The van der Waals surface area contributed by atoms with Crippen LogP contribution in [0.4, 0.5) is 19.0 Å². The molecule has 0 saturated carbocycles. The van der Waals surface area contributed by atoms with Gasteiger partial charge in [0.1, 0.15) is 10.8 Å². The van der Waals surface area contributed by atoms with Crippen LogP contribution >= 0.6 is 11.8 Å². The van der Waals surface area contributed by atoms with E-state index < -0.39 is 11.7 Å². The molecule has 0 radical (unpaired) electrons. The fourth-order valence-electron chi connectivity index (χ4n) is 1.50. The summed E-state index contributed by atoms with van der Waals surface area (Å²) < 4.78 is 38.7. The van der Waals surface area contributed by atoms with E-state index in [2.05, 4.69) is 20.3 Å². The first-order valence-corrected chi connectivity index (χ1v) is 7.08. The topological polar surface area (TPSA) is 50.7 Å². The summed E-state index contributed by atoms with van der Waals surface area (Å²) in [5.74, 6) is 0.199. The highest BCUT2D eigenvalue weighted by molar-refractivity contribution is 7.99. The average Bonchev–Trinajstić information content (AvgIpc) is 2.45. The number of hydrogen-bond acceptors (Lipinski definition) is 5. The average molecular weight is 314 g/mol. The molecule has 0 unspecified atom stereocenters. The molecule has 0 amide bonds. The quantitative estimate of drug-likeness (QED) is 0.849. The van der Waals surface area contributed by atoms with Crippen LogP contribution in [-0.2, 0) is 6.18 Å². The van der Waals surface area contributed by atoms with E-state index in [0.717, 1.165) is 30.3 Å². The zero-order valence-corrected chi connectivity index (χ0v) is 12.0. The number of hydrogen-bond donors (Lipinski definition) is 1. The van der Waals surface area contributed by atoms with E-state index in [1.165, 1.54) is 12.4 Å². The van der Waals surface area contributed by atoms with Gasteiger partial charge >= 0.3 is 6.18 Å². The highest BCUT2D eigenvalue weighted by Crippen LogP contribution is 2.34. The Kier molecular flexibility index (Phi) is 5.00. The maximum absolute atomic E-state index is 12.9. The van der Waals surface area contributed by atoms with Crippen molar-refractivity contribution in [3.05, 3.63) is 36.2 Å². The molecule has 0 spiro atoms. The molecule has 2 heterocycles. The number of aromatic nitrogens is 3. The summed E-state index contributed by atoms with van der Waals surface area (Å²) in [5.41, 5.74) is -0.741. The van der Waals surface area contributed by atoms with Crippen LogP contribution in [0.1, 0.15) is 18.9 Å². The fraction of sp³-hybridized carbons (Fsp3) is 0.308. The van der Waals surface area contributed by atoms with Gasteiger partial charge < -0.3 is 5.32 Å². The van der Waals surface area contributed by atoms with Crippen molar-refractivity contribution >= 4 is 17.6 Å². The number of nitrogens with zero attached hydrogens (tertiary/aromatic N) is 3. The Morgan fingerprint density at radius 3 is 2.52 bits per heavy atom. The number of rotatable bonds is 5. The third-order valence-corrected chi connectivity index (χ3v) is 3.23. The van der Waals surface area contributed by atoms with Gasteiger partial charge in [-0.2, -0.15) is 13.2 Å². The van der Waals surface area contributed by atoms with Crippen LogP contribution < -0.4 is 5.32 Å². The van der Waals surface area contributed by atoms with Crippen molar-refractivity contribution in [1.29, 1.82) is 0 Å². The molecule has 0 aliphatic heterocycles. The molecule has 0 saturated heterocycles. The minimum absolute atomic E-state index is 0.199. The van der Waals surface area contributed by atoms with Gasteiger partial charge in [0.25, 0.3) is 0 Å². The highest BCUT2D eigenvalue weighted by atomic mass is 32.2. The molecule has 0 aromatic carbocycles. The Morgan fingerprint density at radius 2 is 1.90 bits per heavy atom. The molecular weight excluding hydrogens is 301 g/mol. The second-order valence-electron chi connectivity index (χ2n) is 4.14. The first kappa shape index (κ1) is 15.6. The van der Waals surface area contributed by atoms with E-state index in [-0.39, 0.29) is 10.8 Å². The molecule has 21 heavy (non-hydrogen) atoms. The molecule has 8 heteroatoms. The summed E-state index contributed by atoms with van der Waals surface area (Å²) in [6.45, 7) is 2.48. The van der Waals surface area contributed by atoms with Crippen LogP contribution in [0.15, 0.2) is 40.8 Å². The Morgan fingerprint density at radius 1 is 1.19 bits per heavy atom. The summed E-state index contributed by atoms with van der Waals surface area (Å²) in [6, 6.07) is 3.64. The van der Waals surface area contributed by atoms with Crippen molar-refractivity contribution in [1.82, 2.24) is 15.0 Å². The maximum atomic E-state index is 12.9. The minimum Gasteiger partial charge on any atom is -0.370 e. The number of alkyl halides is 3. The lowest BCUT2D eigenvalue weighted by atomic mass is 10.2. The summed E-state index contributed by atoms with van der Waals surface area (Å²) >= 11 is 0.992. The van der Waals surface area contributed by atoms with Crippen LogP contribution in [0.25, 0.3) is 0 Å². The SMILES string of the molecule is CCCNc1cc(C(F)(F)F)cc(Sc2ncccn2)n1. The first-order chi connectivity index (χ1) is 9.99. The van der Waals surface area contributed by atoms with Gasteiger partial charge in [0, 0.05) is 18.9 Å². The van der Waals surface area contributed by atoms with Gasteiger partial charge in [-0.05, 0) is 36.4 Å². The largest absolute Gasteiger partial charge is 0.416 e. The molecule has 0 atom stereocenters. The molecule has 2 aromatic rings. The molecule has 0 bridgehead atoms. The Bertz CT molecular complexity index is 590. The van der Waals surface area contributed by atoms with E-state index in [9.17, 15) is 13.2 Å². The van der Waals surface area contributed by atoms with E-state index >= 15 is 0 Å². The molecule has 2 aromatic heterocycles. The Balaban J connectivity index is 2.30. The molecule has 0 fully saturated rings. The van der Waals surface area contributed by atoms with Crippen LogP contribution in [0.3, 0.4) is 0 Å². The van der Waals surface area contributed by atoms with Crippen molar-refractivity contribution in [3.8, 4) is 0 Å². The van der Waals surface area contributed by atoms with Gasteiger partial charge in [0.2, 0.25) is 0 Å². The maximum Gasteiger partial charge on any atom is 0.416 e. The van der Waals surface area contributed by atoms with Crippen LogP contribution in [-0.4, -0.2) is 21.5 Å². The Labute approximate surface area is 124 Å². The summed E-state index contributed by atoms with van der Waals surface area (Å²) in [6.07, 6.45) is -0.570. The predicted molar refractivity (Wildman–Crippen MR) is 74.2 cm³/mol. The second kappa shape index (κ2) is 6.75. The molecular formula is C13H13F3N4S. The molecule has 112 valence electrons. The van der Waals surface area contributed by atoms with Crippen LogP contribution in [0, 0.1) is 0 Å². The van der Waals surface area contributed by atoms with Gasteiger partial charge in [-0.1, -0.05) is 6.92 Å². The van der Waals surface area contributed by atoms with Crippen LogP contribution in [0.5, 0.6) is 0 Å². The zero-order valence-electron chi connectivity index (χ0n) is 11.2. The third kappa shape index (κ3) is 4.59. The highest BCUT2D eigenvalue weighted by Gasteiger charge is 2.31. The third-order valence-electron chi connectivity index (χ3n) is 2.42. The number of anilines is 1. The molecule has 2 rings (SSSR count). The fourth-order valence-corrected chi connectivity index (χ4v) is 2.24. The second-order valence-corrected chi connectivity index (χ2v) is 5.12. The number of nitrogens with one attached hydrogen (secondary N) is 1. The van der Waals surface area contributed by atoms with Crippen molar-refractivity contribution in [2.45, 2.75) is 29.7 Å². The molecule has 0 aliphatic rings. The number of halogens is 3. The van der Waals surface area contributed by atoms with E-state index in [1.807, 2.05) is 6.92 Å². The van der Waals surface area contributed by atoms with E-state index in [4.69, 9.17) is 0 Å². The first-order valence-electron chi connectivity index (χ1n) is 6.27. The van der Waals surface area contributed by atoms with Gasteiger partial charge in [-0.25, -0.2) is 15.0 Å². The number of pyridine rings is 1. The predicted octanol–water partition coefficient (Wildman–Crippen LogP) is 3.86. The van der Waals surface area contributed by atoms with Gasteiger partial charge in [-0.15, -0.1) is 0 Å². The van der Waals surface area contributed by atoms with Gasteiger partial charge in [0.15, 0.2) is 5.16 Å². The monoisotopic (exact) mass is 314 g/mol. The van der Waals surface area contributed by atoms with Crippen molar-refractivity contribution < 1.29 is 13.2 Å². The van der Waals surface area contributed by atoms with Gasteiger partial charge in [0.05, 0.1) is 5.56 Å². The molecule has 1 N–H and O–H groups in total. The lowest BCUT2D eigenvalue weighted by molar-refractivity contribution is -0.137. The normalized spacial score (nSPS) is 11.4. The summed E-state index contributed by atoms with van der Waals surface area (Å²) in [4.78, 5) is 12.1. The van der Waals surface area contributed by atoms with Crippen LogP contribution in [0.2, 0.25) is 0 Å². The molecule has 4 nitrogen and oxygen atoms in total. The van der Waals surface area contributed by atoms with E-state index in [0.29, 0.717) is 11.7 Å². The summed E-state index contributed by atoms with van der Waals surface area (Å²) in [5, 5.41) is 3.42. The van der Waals surface area contributed by atoms with Gasteiger partial charge in [-0.3, -0.25) is 0 Å². The van der Waals surface area contributed by atoms with E-state index in [1.54, 1.807) is 6.07 Å².